The Morgan fingerprint density at radius 3 is 2.26 bits per heavy atom. The van der Waals surface area contributed by atoms with E-state index >= 15 is 0 Å². The topological polar surface area (TPSA) is 75.7 Å². The fourth-order valence-corrected chi connectivity index (χ4v) is 5.21. The van der Waals surface area contributed by atoms with Crippen molar-refractivity contribution >= 4 is 33.4 Å². The van der Waals surface area contributed by atoms with Gasteiger partial charge in [0.15, 0.2) is 0 Å². The standard InChI is InChI=1S/C23H30N2O4S2/c1-17(2)29-19-10-8-18(9-11-19)24-31(27,28)20-12-13-22(30-3)21(16-20)23(26)25-14-6-4-5-7-15-25/h8-13,16-17,24H,4-7,14-15H2,1-3H3. The number of nitrogens with zero attached hydrogens (tertiary/aromatic N) is 1. The summed E-state index contributed by atoms with van der Waals surface area (Å²) in [6.07, 6.45) is 6.14. The summed E-state index contributed by atoms with van der Waals surface area (Å²) in [6.45, 7) is 5.29. The molecule has 8 heteroatoms. The molecule has 6 nitrogen and oxygen atoms in total. The van der Waals surface area contributed by atoms with Gasteiger partial charge < -0.3 is 9.64 Å². The molecule has 0 aliphatic carbocycles. The first-order valence-corrected chi connectivity index (χ1v) is 13.3. The van der Waals surface area contributed by atoms with E-state index in [0.717, 1.165) is 30.6 Å². The van der Waals surface area contributed by atoms with Gasteiger partial charge in [0.25, 0.3) is 15.9 Å². The summed E-state index contributed by atoms with van der Waals surface area (Å²) in [7, 11) is -3.84. The number of ether oxygens (including phenoxy) is 1. The van der Waals surface area contributed by atoms with E-state index < -0.39 is 10.0 Å². The molecule has 1 aliphatic rings. The normalized spacial score (nSPS) is 14.9. The molecule has 0 unspecified atom stereocenters. The Labute approximate surface area is 189 Å². The molecule has 0 atom stereocenters. The summed E-state index contributed by atoms with van der Waals surface area (Å²) in [5.74, 6) is 0.575. The minimum absolute atomic E-state index is 0.0395. The van der Waals surface area contributed by atoms with Crippen molar-refractivity contribution in [1.82, 2.24) is 4.90 Å². The molecule has 1 heterocycles. The number of benzene rings is 2. The smallest absolute Gasteiger partial charge is 0.261 e. The maximum atomic E-state index is 13.2. The van der Waals surface area contributed by atoms with Crippen molar-refractivity contribution in [2.24, 2.45) is 0 Å². The van der Waals surface area contributed by atoms with Crippen LogP contribution >= 0.6 is 11.8 Å². The van der Waals surface area contributed by atoms with Crippen LogP contribution in [0.5, 0.6) is 5.75 Å². The Morgan fingerprint density at radius 1 is 1.03 bits per heavy atom. The summed E-state index contributed by atoms with van der Waals surface area (Å²) in [5, 5.41) is 0. The van der Waals surface area contributed by atoms with Crippen LogP contribution in [-0.2, 0) is 10.0 Å². The van der Waals surface area contributed by atoms with Gasteiger partial charge in [-0.05, 0) is 75.4 Å². The van der Waals surface area contributed by atoms with Crippen molar-refractivity contribution in [2.45, 2.75) is 55.4 Å². The van der Waals surface area contributed by atoms with E-state index in [1.54, 1.807) is 36.4 Å². The molecule has 0 radical (unpaired) electrons. The second kappa shape index (κ2) is 10.4. The fourth-order valence-electron chi connectivity index (χ4n) is 3.55. The molecule has 1 N–H and O–H groups in total. The Hall–Kier alpha value is -2.19. The predicted molar refractivity (Wildman–Crippen MR) is 126 cm³/mol. The van der Waals surface area contributed by atoms with Crippen LogP contribution in [0.2, 0.25) is 0 Å². The molecule has 3 rings (SSSR count). The maximum Gasteiger partial charge on any atom is 0.261 e. The van der Waals surface area contributed by atoms with Crippen LogP contribution in [0.25, 0.3) is 0 Å². The van der Waals surface area contributed by atoms with Gasteiger partial charge in [-0.15, -0.1) is 11.8 Å². The highest BCUT2D eigenvalue weighted by Crippen LogP contribution is 2.27. The van der Waals surface area contributed by atoms with Crippen LogP contribution in [-0.4, -0.2) is 44.7 Å². The van der Waals surface area contributed by atoms with E-state index in [9.17, 15) is 13.2 Å². The fraction of sp³-hybridized carbons (Fsp3) is 0.435. The van der Waals surface area contributed by atoms with Gasteiger partial charge in [0.1, 0.15) is 5.75 Å². The van der Waals surface area contributed by atoms with Gasteiger partial charge in [-0.1, -0.05) is 12.8 Å². The maximum absolute atomic E-state index is 13.2. The zero-order valence-electron chi connectivity index (χ0n) is 18.3. The molecular formula is C23H30N2O4S2. The number of anilines is 1. The quantitative estimate of drug-likeness (QED) is 0.585. The molecular weight excluding hydrogens is 432 g/mol. The molecule has 31 heavy (non-hydrogen) atoms. The number of sulfonamides is 1. The summed E-state index contributed by atoms with van der Waals surface area (Å²) in [4.78, 5) is 15.9. The lowest BCUT2D eigenvalue weighted by Crippen LogP contribution is -2.32. The summed E-state index contributed by atoms with van der Waals surface area (Å²) < 4.78 is 34.2. The minimum atomic E-state index is -3.84. The Kier molecular flexibility index (Phi) is 7.89. The highest BCUT2D eigenvalue weighted by atomic mass is 32.2. The number of carbonyl (C=O) groups excluding carboxylic acids is 1. The first-order valence-electron chi connectivity index (χ1n) is 10.6. The molecule has 1 amide bonds. The number of thioether (sulfide) groups is 1. The Balaban J connectivity index is 1.84. The highest BCUT2D eigenvalue weighted by Gasteiger charge is 2.23. The number of carbonyl (C=O) groups is 1. The van der Waals surface area contributed by atoms with Crippen LogP contribution in [0.1, 0.15) is 49.9 Å². The molecule has 0 aromatic heterocycles. The van der Waals surface area contributed by atoms with Crippen molar-refractivity contribution < 1.29 is 17.9 Å². The van der Waals surface area contributed by atoms with Crippen molar-refractivity contribution in [3.05, 3.63) is 48.0 Å². The van der Waals surface area contributed by atoms with E-state index in [-0.39, 0.29) is 16.9 Å². The van der Waals surface area contributed by atoms with E-state index in [1.165, 1.54) is 17.8 Å². The third-order valence-electron chi connectivity index (χ3n) is 5.08. The third kappa shape index (κ3) is 6.17. The van der Waals surface area contributed by atoms with E-state index in [1.807, 2.05) is 25.0 Å². The largest absolute Gasteiger partial charge is 0.491 e. The summed E-state index contributed by atoms with van der Waals surface area (Å²) in [6, 6.07) is 11.5. The summed E-state index contributed by atoms with van der Waals surface area (Å²) in [5.41, 5.74) is 0.878. The van der Waals surface area contributed by atoms with Gasteiger partial charge in [0, 0.05) is 23.7 Å². The van der Waals surface area contributed by atoms with Crippen molar-refractivity contribution in [1.29, 1.82) is 0 Å². The first-order chi connectivity index (χ1) is 14.8. The highest BCUT2D eigenvalue weighted by molar-refractivity contribution is 7.98. The Morgan fingerprint density at radius 2 is 1.68 bits per heavy atom. The molecule has 1 saturated heterocycles. The third-order valence-corrected chi connectivity index (χ3v) is 7.26. The second-order valence-electron chi connectivity index (χ2n) is 7.86. The molecule has 1 fully saturated rings. The molecule has 0 spiro atoms. The molecule has 2 aromatic carbocycles. The van der Waals surface area contributed by atoms with Gasteiger partial charge >= 0.3 is 0 Å². The number of nitrogens with one attached hydrogen (secondary N) is 1. The number of likely N-dealkylation sites (tertiary alicyclic amines) is 1. The van der Waals surface area contributed by atoms with E-state index in [0.29, 0.717) is 30.1 Å². The van der Waals surface area contributed by atoms with Crippen LogP contribution < -0.4 is 9.46 Å². The molecule has 1 aliphatic heterocycles. The molecule has 0 saturated carbocycles. The van der Waals surface area contributed by atoms with Gasteiger partial charge in [-0.2, -0.15) is 0 Å². The lowest BCUT2D eigenvalue weighted by atomic mass is 10.2. The van der Waals surface area contributed by atoms with Crippen LogP contribution in [0.3, 0.4) is 0 Å². The zero-order chi connectivity index (χ0) is 22.4. The molecule has 0 bridgehead atoms. The monoisotopic (exact) mass is 462 g/mol. The van der Waals surface area contributed by atoms with Gasteiger partial charge in [-0.25, -0.2) is 8.42 Å². The SMILES string of the molecule is CSc1ccc(S(=O)(=O)Nc2ccc(OC(C)C)cc2)cc1C(=O)N1CCCCCC1. The van der Waals surface area contributed by atoms with Gasteiger partial charge in [-0.3, -0.25) is 9.52 Å². The second-order valence-corrected chi connectivity index (χ2v) is 10.4. The van der Waals surface area contributed by atoms with Crippen LogP contribution in [0, 0.1) is 0 Å². The van der Waals surface area contributed by atoms with Crippen molar-refractivity contribution in [3.8, 4) is 5.75 Å². The van der Waals surface area contributed by atoms with Crippen LogP contribution in [0.15, 0.2) is 52.3 Å². The predicted octanol–water partition coefficient (Wildman–Crippen LogP) is 5.01. The van der Waals surface area contributed by atoms with E-state index in [2.05, 4.69) is 4.72 Å². The number of rotatable bonds is 7. The van der Waals surface area contributed by atoms with Crippen molar-refractivity contribution in [3.63, 3.8) is 0 Å². The number of hydrogen-bond donors (Lipinski definition) is 1. The van der Waals surface area contributed by atoms with Gasteiger partial charge in [0.05, 0.1) is 16.6 Å². The molecule has 2 aromatic rings. The number of hydrogen-bond acceptors (Lipinski definition) is 5. The Bertz CT molecular complexity index is 997. The van der Waals surface area contributed by atoms with Crippen molar-refractivity contribution in [2.75, 3.05) is 24.1 Å². The number of amides is 1. The van der Waals surface area contributed by atoms with Gasteiger partial charge in [0.2, 0.25) is 0 Å². The lowest BCUT2D eigenvalue weighted by Gasteiger charge is -2.22. The van der Waals surface area contributed by atoms with Crippen LogP contribution in [0.4, 0.5) is 5.69 Å². The zero-order valence-corrected chi connectivity index (χ0v) is 19.9. The first kappa shape index (κ1) is 23.5. The summed E-state index contributed by atoms with van der Waals surface area (Å²) >= 11 is 1.45. The molecule has 168 valence electrons. The average molecular weight is 463 g/mol. The average Bonchev–Trinajstić information content (AvgIpc) is 3.03. The minimum Gasteiger partial charge on any atom is -0.491 e. The van der Waals surface area contributed by atoms with E-state index in [4.69, 9.17) is 4.74 Å². The lowest BCUT2D eigenvalue weighted by molar-refractivity contribution is 0.0758.